The Hall–Kier alpha value is -2.05. The van der Waals surface area contributed by atoms with E-state index in [4.69, 9.17) is 15.3 Å². The van der Waals surface area contributed by atoms with Crippen molar-refractivity contribution < 1.29 is 14.3 Å². The van der Waals surface area contributed by atoms with Crippen LogP contribution in [0.1, 0.15) is 27.9 Å². The minimum atomic E-state index is -0.288. The van der Waals surface area contributed by atoms with Crippen LogP contribution in [0.25, 0.3) is 0 Å². The van der Waals surface area contributed by atoms with E-state index in [2.05, 4.69) is 12.3 Å². The van der Waals surface area contributed by atoms with Gasteiger partial charge in [0.2, 0.25) is 0 Å². The maximum Gasteiger partial charge on any atom is 0.275 e. The highest BCUT2D eigenvalue weighted by Crippen LogP contribution is 2.21. The monoisotopic (exact) mass is 306 g/mol. The van der Waals surface area contributed by atoms with Crippen LogP contribution in [0.4, 0.5) is 0 Å². The van der Waals surface area contributed by atoms with E-state index in [1.807, 2.05) is 30.3 Å². The average Bonchev–Trinajstić information content (AvgIpc) is 3.00. The summed E-state index contributed by atoms with van der Waals surface area (Å²) in [5, 5.41) is 0. The minimum absolute atomic E-state index is 0.288. The zero-order valence-electron chi connectivity index (χ0n) is 11.8. The van der Waals surface area contributed by atoms with E-state index >= 15 is 0 Å². The van der Waals surface area contributed by atoms with E-state index < -0.39 is 0 Å². The Morgan fingerprint density at radius 3 is 2.43 bits per heavy atom. The Morgan fingerprint density at radius 2 is 1.81 bits per heavy atom. The second-order valence-electron chi connectivity index (χ2n) is 4.35. The summed E-state index contributed by atoms with van der Waals surface area (Å²) >= 11 is 1.36. The molecule has 5 nitrogen and oxygen atoms in total. The van der Waals surface area contributed by atoms with Gasteiger partial charge in [0.15, 0.2) is 0 Å². The number of rotatable bonds is 7. The highest BCUT2D eigenvalue weighted by molar-refractivity contribution is 7.14. The molecule has 2 aromatic rings. The molecule has 0 saturated carbocycles. The zero-order valence-corrected chi connectivity index (χ0v) is 12.6. The van der Waals surface area contributed by atoms with E-state index in [1.54, 1.807) is 6.07 Å². The number of benzene rings is 1. The summed E-state index contributed by atoms with van der Waals surface area (Å²) in [5.41, 5.74) is 2.11. The van der Waals surface area contributed by atoms with Gasteiger partial charge in [-0.3, -0.25) is 10.2 Å². The molecule has 112 valence electrons. The van der Waals surface area contributed by atoms with Crippen LogP contribution >= 0.6 is 11.3 Å². The summed E-state index contributed by atoms with van der Waals surface area (Å²) in [6.45, 7) is 3.19. The van der Waals surface area contributed by atoms with Crippen molar-refractivity contribution in [2.24, 2.45) is 5.84 Å². The molecule has 1 aromatic carbocycles. The molecule has 6 heteroatoms. The standard InChI is InChI=1S/C15H18N2O3S/c1-2-9-19-11-3-5-12(6-4-11)20-10-13-7-8-14(21-13)15(18)17-16/h3-8H,2,9-10,16H2,1H3,(H,17,18). The predicted octanol–water partition coefficient (Wildman–Crippen LogP) is 2.72. The van der Waals surface area contributed by atoms with E-state index in [0.29, 0.717) is 18.1 Å². The maximum absolute atomic E-state index is 11.3. The summed E-state index contributed by atoms with van der Waals surface area (Å²) in [6.07, 6.45) is 0.981. The molecular formula is C15H18N2O3S. The average molecular weight is 306 g/mol. The van der Waals surface area contributed by atoms with E-state index in [0.717, 1.165) is 22.8 Å². The van der Waals surface area contributed by atoms with Gasteiger partial charge in [0, 0.05) is 4.88 Å². The lowest BCUT2D eigenvalue weighted by molar-refractivity contribution is 0.0957. The van der Waals surface area contributed by atoms with Crippen LogP contribution in [-0.4, -0.2) is 12.5 Å². The van der Waals surface area contributed by atoms with Crippen molar-refractivity contribution in [3.05, 3.63) is 46.2 Å². The fraction of sp³-hybridized carbons (Fsp3) is 0.267. The van der Waals surface area contributed by atoms with Crippen molar-refractivity contribution in [3.8, 4) is 11.5 Å². The number of nitrogen functional groups attached to an aromatic ring is 1. The lowest BCUT2D eigenvalue weighted by Gasteiger charge is -2.07. The van der Waals surface area contributed by atoms with Gasteiger partial charge in [0.05, 0.1) is 11.5 Å². The van der Waals surface area contributed by atoms with E-state index in [1.165, 1.54) is 11.3 Å². The normalized spacial score (nSPS) is 10.2. The minimum Gasteiger partial charge on any atom is -0.494 e. The molecule has 0 aliphatic heterocycles. The number of nitrogens with two attached hydrogens (primary N) is 1. The van der Waals surface area contributed by atoms with Crippen molar-refractivity contribution in [2.75, 3.05) is 6.61 Å². The number of ether oxygens (including phenoxy) is 2. The number of carbonyl (C=O) groups excluding carboxylic acids is 1. The summed E-state index contributed by atoms with van der Waals surface area (Å²) in [7, 11) is 0. The second kappa shape index (κ2) is 7.66. The fourth-order valence-corrected chi connectivity index (χ4v) is 2.48. The van der Waals surface area contributed by atoms with Crippen LogP contribution in [-0.2, 0) is 6.61 Å². The second-order valence-corrected chi connectivity index (χ2v) is 5.52. The number of thiophene rings is 1. The smallest absolute Gasteiger partial charge is 0.275 e. The molecule has 1 amide bonds. The molecule has 3 N–H and O–H groups in total. The molecule has 1 aromatic heterocycles. The third kappa shape index (κ3) is 4.47. The molecule has 2 rings (SSSR count). The van der Waals surface area contributed by atoms with Crippen LogP contribution < -0.4 is 20.7 Å². The van der Waals surface area contributed by atoms with Crippen molar-refractivity contribution in [1.29, 1.82) is 0 Å². The third-order valence-electron chi connectivity index (χ3n) is 2.69. The third-order valence-corrected chi connectivity index (χ3v) is 3.75. The zero-order chi connectivity index (χ0) is 15.1. The molecule has 1 heterocycles. The number of hydrogen-bond acceptors (Lipinski definition) is 5. The topological polar surface area (TPSA) is 73.6 Å². The fourth-order valence-electron chi connectivity index (χ4n) is 1.66. The summed E-state index contributed by atoms with van der Waals surface area (Å²) < 4.78 is 11.2. The Bertz CT molecular complexity index is 581. The highest BCUT2D eigenvalue weighted by Gasteiger charge is 2.07. The van der Waals surface area contributed by atoms with Crippen LogP contribution in [0, 0.1) is 0 Å². The number of nitrogens with one attached hydrogen (secondary N) is 1. The first-order valence-corrected chi connectivity index (χ1v) is 7.50. The van der Waals surface area contributed by atoms with Gasteiger partial charge >= 0.3 is 0 Å². The molecule has 0 spiro atoms. The summed E-state index contributed by atoms with van der Waals surface area (Å²) in [5.74, 6) is 6.40. The SMILES string of the molecule is CCCOc1ccc(OCc2ccc(C(=O)NN)s2)cc1. The van der Waals surface area contributed by atoms with E-state index in [9.17, 15) is 4.79 Å². The van der Waals surface area contributed by atoms with Gasteiger partial charge in [-0.1, -0.05) is 6.92 Å². The predicted molar refractivity (Wildman–Crippen MR) is 82.5 cm³/mol. The Kier molecular flexibility index (Phi) is 5.59. The van der Waals surface area contributed by atoms with E-state index in [-0.39, 0.29) is 5.91 Å². The Labute approximate surface area is 127 Å². The first-order chi connectivity index (χ1) is 10.2. The van der Waals surface area contributed by atoms with Gasteiger partial charge in [0.25, 0.3) is 5.91 Å². The van der Waals surface area contributed by atoms with Crippen molar-refractivity contribution in [1.82, 2.24) is 5.43 Å². The Balaban J connectivity index is 1.87. The molecule has 0 radical (unpaired) electrons. The molecule has 0 aliphatic rings. The highest BCUT2D eigenvalue weighted by atomic mass is 32.1. The van der Waals surface area contributed by atoms with Crippen LogP contribution in [0.15, 0.2) is 36.4 Å². The summed E-state index contributed by atoms with van der Waals surface area (Å²) in [6, 6.07) is 11.1. The molecule has 0 saturated heterocycles. The van der Waals surface area contributed by atoms with Gasteiger partial charge in [-0.25, -0.2) is 5.84 Å². The van der Waals surface area contributed by atoms with Crippen LogP contribution in [0.3, 0.4) is 0 Å². The molecule has 0 atom stereocenters. The lowest BCUT2D eigenvalue weighted by atomic mass is 10.3. The molecule has 0 aliphatic carbocycles. The van der Waals surface area contributed by atoms with Gasteiger partial charge < -0.3 is 9.47 Å². The molecule has 21 heavy (non-hydrogen) atoms. The van der Waals surface area contributed by atoms with Gasteiger partial charge in [-0.05, 0) is 42.8 Å². The first-order valence-electron chi connectivity index (χ1n) is 6.68. The van der Waals surface area contributed by atoms with Crippen molar-refractivity contribution >= 4 is 17.2 Å². The maximum atomic E-state index is 11.3. The molecule has 0 bridgehead atoms. The van der Waals surface area contributed by atoms with Gasteiger partial charge in [0.1, 0.15) is 18.1 Å². The largest absolute Gasteiger partial charge is 0.494 e. The lowest BCUT2D eigenvalue weighted by Crippen LogP contribution is -2.29. The van der Waals surface area contributed by atoms with Crippen molar-refractivity contribution in [2.45, 2.75) is 20.0 Å². The van der Waals surface area contributed by atoms with Crippen molar-refractivity contribution in [3.63, 3.8) is 0 Å². The molecule has 0 fully saturated rings. The van der Waals surface area contributed by atoms with Gasteiger partial charge in [-0.2, -0.15) is 0 Å². The number of hydrogen-bond donors (Lipinski definition) is 2. The van der Waals surface area contributed by atoms with Crippen LogP contribution in [0.2, 0.25) is 0 Å². The first kappa shape index (κ1) is 15.3. The number of hydrazine groups is 1. The van der Waals surface area contributed by atoms with Gasteiger partial charge in [-0.15, -0.1) is 11.3 Å². The number of carbonyl (C=O) groups is 1. The molecular weight excluding hydrogens is 288 g/mol. The summed E-state index contributed by atoms with van der Waals surface area (Å²) in [4.78, 5) is 12.9. The molecule has 0 unspecified atom stereocenters. The quantitative estimate of drug-likeness (QED) is 0.468. The number of amides is 1. The Morgan fingerprint density at radius 1 is 1.14 bits per heavy atom. The van der Waals surface area contributed by atoms with Crippen LogP contribution in [0.5, 0.6) is 11.5 Å².